The van der Waals surface area contributed by atoms with Gasteiger partial charge in [-0.1, -0.05) is 29.8 Å². The number of hydrogen-bond donors (Lipinski definition) is 0. The highest BCUT2D eigenvalue weighted by Crippen LogP contribution is 2.21. The van der Waals surface area contributed by atoms with Crippen molar-refractivity contribution in [2.24, 2.45) is 0 Å². The normalized spacial score (nSPS) is 10.2. The van der Waals surface area contributed by atoms with Crippen molar-refractivity contribution in [3.8, 4) is 11.9 Å². The van der Waals surface area contributed by atoms with Gasteiger partial charge in [0.25, 0.3) is 0 Å². The van der Waals surface area contributed by atoms with Crippen molar-refractivity contribution < 1.29 is 14.3 Å². The Labute approximate surface area is 124 Å². The minimum absolute atomic E-state index is 0.165. The molecule has 0 saturated carbocycles. The molecule has 21 heavy (non-hydrogen) atoms. The third-order valence-electron chi connectivity index (χ3n) is 2.84. The lowest BCUT2D eigenvalue weighted by Crippen LogP contribution is -2.09. The maximum atomic E-state index is 12.5. The first-order chi connectivity index (χ1) is 10.2. The van der Waals surface area contributed by atoms with E-state index in [2.05, 4.69) is 9.97 Å². The van der Waals surface area contributed by atoms with Gasteiger partial charge < -0.3 is 9.47 Å². The van der Waals surface area contributed by atoms with Crippen LogP contribution in [0.5, 0.6) is 11.9 Å². The minimum Gasteiger partial charge on any atom is -0.477 e. The summed E-state index contributed by atoms with van der Waals surface area (Å²) in [5.74, 6) is 0.0861. The average Bonchev–Trinajstić information content (AvgIpc) is 2.48. The molecule has 0 aliphatic heterocycles. The Kier molecular flexibility index (Phi) is 4.87. The van der Waals surface area contributed by atoms with Gasteiger partial charge in [-0.2, -0.15) is 4.98 Å². The third-order valence-corrected chi connectivity index (χ3v) is 2.84. The number of carbonyl (C=O) groups excluding carboxylic acids is 1. The number of carbonyl (C=O) groups is 1. The zero-order valence-corrected chi connectivity index (χ0v) is 12.4. The van der Waals surface area contributed by atoms with E-state index in [1.807, 2.05) is 32.9 Å². The van der Waals surface area contributed by atoms with Gasteiger partial charge in [0.2, 0.25) is 5.88 Å². The molecule has 0 bridgehead atoms. The topological polar surface area (TPSA) is 61.3 Å². The highest BCUT2D eigenvalue weighted by molar-refractivity contribution is 6.10. The summed E-state index contributed by atoms with van der Waals surface area (Å²) in [6.07, 6.45) is 1.45. The Morgan fingerprint density at radius 1 is 1.10 bits per heavy atom. The summed E-state index contributed by atoms with van der Waals surface area (Å²) in [5, 5.41) is 0. The first-order valence-corrected chi connectivity index (χ1v) is 6.89. The quantitative estimate of drug-likeness (QED) is 0.764. The fraction of sp³-hybridized carbons (Fsp3) is 0.312. The number of hydrogen-bond acceptors (Lipinski definition) is 5. The summed E-state index contributed by atoms with van der Waals surface area (Å²) in [5.41, 5.74) is 2.01. The largest absolute Gasteiger partial charge is 0.477 e. The molecule has 1 aromatic carbocycles. The van der Waals surface area contributed by atoms with Crippen molar-refractivity contribution in [3.63, 3.8) is 0 Å². The molecular formula is C16H18N2O3. The van der Waals surface area contributed by atoms with Crippen molar-refractivity contribution in [2.45, 2.75) is 20.8 Å². The Morgan fingerprint density at radius 2 is 1.76 bits per heavy atom. The highest BCUT2D eigenvalue weighted by atomic mass is 16.5. The molecule has 1 heterocycles. The van der Waals surface area contributed by atoms with Crippen molar-refractivity contribution in [3.05, 3.63) is 47.2 Å². The molecule has 0 amide bonds. The van der Waals surface area contributed by atoms with Crippen LogP contribution in [0.25, 0.3) is 0 Å². The third kappa shape index (κ3) is 3.56. The summed E-state index contributed by atoms with van der Waals surface area (Å²) < 4.78 is 10.7. The SMILES string of the molecule is CCOc1ncc(C(=O)c2ccc(C)cc2)c(OCC)n1. The molecule has 0 N–H and O–H groups in total. The van der Waals surface area contributed by atoms with Crippen LogP contribution in [0, 0.1) is 6.92 Å². The molecule has 0 saturated heterocycles. The van der Waals surface area contributed by atoms with Crippen LogP contribution in [-0.4, -0.2) is 29.0 Å². The first kappa shape index (κ1) is 15.0. The summed E-state index contributed by atoms with van der Waals surface area (Å²) in [4.78, 5) is 20.7. The number of aryl methyl sites for hydroxylation is 1. The second kappa shape index (κ2) is 6.83. The van der Waals surface area contributed by atoms with Crippen molar-refractivity contribution in [1.29, 1.82) is 0 Å². The van der Waals surface area contributed by atoms with E-state index < -0.39 is 0 Å². The lowest BCUT2D eigenvalue weighted by molar-refractivity contribution is 0.103. The zero-order valence-electron chi connectivity index (χ0n) is 12.4. The molecule has 110 valence electrons. The van der Waals surface area contributed by atoms with E-state index in [1.165, 1.54) is 6.20 Å². The highest BCUT2D eigenvalue weighted by Gasteiger charge is 2.18. The zero-order chi connectivity index (χ0) is 15.2. The Morgan fingerprint density at radius 3 is 2.38 bits per heavy atom. The molecule has 2 aromatic rings. The first-order valence-electron chi connectivity index (χ1n) is 6.89. The number of rotatable bonds is 6. The van der Waals surface area contributed by atoms with E-state index in [-0.39, 0.29) is 17.7 Å². The number of ether oxygens (including phenoxy) is 2. The van der Waals surface area contributed by atoms with Crippen LogP contribution in [-0.2, 0) is 0 Å². The Bertz CT molecular complexity index is 624. The maximum absolute atomic E-state index is 12.5. The van der Waals surface area contributed by atoms with E-state index in [1.54, 1.807) is 12.1 Å². The van der Waals surface area contributed by atoms with Crippen LogP contribution in [0.1, 0.15) is 35.3 Å². The molecule has 0 spiro atoms. The minimum atomic E-state index is -0.165. The van der Waals surface area contributed by atoms with E-state index in [0.29, 0.717) is 24.3 Å². The summed E-state index contributed by atoms with van der Waals surface area (Å²) in [7, 11) is 0. The van der Waals surface area contributed by atoms with E-state index in [4.69, 9.17) is 9.47 Å². The van der Waals surface area contributed by atoms with E-state index in [0.717, 1.165) is 5.56 Å². The molecule has 0 aliphatic carbocycles. The smallest absolute Gasteiger partial charge is 0.319 e. The number of aromatic nitrogens is 2. The van der Waals surface area contributed by atoms with Gasteiger partial charge in [0.15, 0.2) is 5.78 Å². The fourth-order valence-electron chi connectivity index (χ4n) is 1.81. The van der Waals surface area contributed by atoms with Crippen LogP contribution >= 0.6 is 0 Å². The molecule has 2 rings (SSSR count). The van der Waals surface area contributed by atoms with E-state index >= 15 is 0 Å². The Balaban J connectivity index is 2.37. The van der Waals surface area contributed by atoms with Gasteiger partial charge in [0.05, 0.1) is 13.2 Å². The van der Waals surface area contributed by atoms with Gasteiger partial charge in [-0.3, -0.25) is 4.79 Å². The van der Waals surface area contributed by atoms with Crippen LogP contribution in [0.15, 0.2) is 30.5 Å². The van der Waals surface area contributed by atoms with Gasteiger partial charge in [-0.05, 0) is 20.8 Å². The molecule has 5 nitrogen and oxygen atoms in total. The number of nitrogens with zero attached hydrogens (tertiary/aromatic N) is 2. The van der Waals surface area contributed by atoms with Crippen molar-refractivity contribution in [2.75, 3.05) is 13.2 Å². The summed E-state index contributed by atoms with van der Waals surface area (Å²) in [6, 6.07) is 7.56. The maximum Gasteiger partial charge on any atom is 0.319 e. The molecule has 1 aromatic heterocycles. The van der Waals surface area contributed by atoms with E-state index in [9.17, 15) is 4.79 Å². The van der Waals surface area contributed by atoms with Gasteiger partial charge in [0, 0.05) is 11.8 Å². The van der Waals surface area contributed by atoms with Gasteiger partial charge in [0.1, 0.15) is 5.56 Å². The summed E-state index contributed by atoms with van der Waals surface area (Å²) in [6.45, 7) is 6.52. The lowest BCUT2D eigenvalue weighted by Gasteiger charge is -2.09. The van der Waals surface area contributed by atoms with Crippen LogP contribution in [0.3, 0.4) is 0 Å². The Hall–Kier alpha value is -2.43. The van der Waals surface area contributed by atoms with Crippen LogP contribution in [0.2, 0.25) is 0 Å². The number of benzene rings is 1. The molecule has 0 radical (unpaired) electrons. The second-order valence-electron chi connectivity index (χ2n) is 4.43. The second-order valence-corrected chi connectivity index (χ2v) is 4.43. The van der Waals surface area contributed by atoms with Gasteiger partial charge in [-0.25, -0.2) is 4.98 Å². The van der Waals surface area contributed by atoms with Crippen LogP contribution < -0.4 is 9.47 Å². The molecule has 0 aliphatic rings. The molecule has 0 unspecified atom stereocenters. The standard InChI is InChI=1S/C16H18N2O3/c1-4-20-15-13(10-17-16(18-15)21-5-2)14(19)12-8-6-11(3)7-9-12/h6-10H,4-5H2,1-3H3. The average molecular weight is 286 g/mol. The molecule has 0 fully saturated rings. The number of ketones is 1. The van der Waals surface area contributed by atoms with Gasteiger partial charge in [-0.15, -0.1) is 0 Å². The predicted molar refractivity (Wildman–Crippen MR) is 79.0 cm³/mol. The summed E-state index contributed by atoms with van der Waals surface area (Å²) >= 11 is 0. The van der Waals surface area contributed by atoms with Crippen molar-refractivity contribution >= 4 is 5.78 Å². The fourth-order valence-corrected chi connectivity index (χ4v) is 1.81. The molecular weight excluding hydrogens is 268 g/mol. The predicted octanol–water partition coefficient (Wildman–Crippen LogP) is 2.81. The lowest BCUT2D eigenvalue weighted by atomic mass is 10.0. The van der Waals surface area contributed by atoms with Gasteiger partial charge >= 0.3 is 6.01 Å². The van der Waals surface area contributed by atoms with Crippen LogP contribution in [0.4, 0.5) is 0 Å². The molecule has 5 heteroatoms. The van der Waals surface area contributed by atoms with Crippen molar-refractivity contribution in [1.82, 2.24) is 9.97 Å². The monoisotopic (exact) mass is 286 g/mol. The molecule has 0 atom stereocenters.